The molecule has 1 amide bonds. The van der Waals surface area contributed by atoms with E-state index in [1.807, 2.05) is 42.4 Å². The molecule has 0 radical (unpaired) electrons. The zero-order valence-corrected chi connectivity index (χ0v) is 11.1. The molecule has 0 bridgehead atoms. The molecule has 4 heteroatoms. The summed E-state index contributed by atoms with van der Waals surface area (Å²) in [5, 5.41) is 4.19. The number of benzene rings is 1. The van der Waals surface area contributed by atoms with E-state index in [0.29, 0.717) is 6.04 Å². The molecular formula is C15H19N3O. The topological polar surface area (TPSA) is 48.1 Å². The van der Waals surface area contributed by atoms with E-state index in [9.17, 15) is 4.79 Å². The van der Waals surface area contributed by atoms with Crippen molar-refractivity contribution < 1.29 is 4.79 Å². The lowest BCUT2D eigenvalue weighted by Gasteiger charge is -2.24. The van der Waals surface area contributed by atoms with Gasteiger partial charge in [0.15, 0.2) is 0 Å². The summed E-state index contributed by atoms with van der Waals surface area (Å²) in [7, 11) is 1.94. The zero-order valence-electron chi connectivity index (χ0n) is 11.1. The lowest BCUT2D eigenvalue weighted by atomic mass is 10.1. The number of aromatic amines is 1. The Kier molecular flexibility index (Phi) is 3.25. The number of rotatable bonds is 3. The molecule has 2 N–H and O–H groups in total. The van der Waals surface area contributed by atoms with Gasteiger partial charge in [-0.2, -0.15) is 0 Å². The summed E-state index contributed by atoms with van der Waals surface area (Å²) in [4.78, 5) is 17.9. The second-order valence-electron chi connectivity index (χ2n) is 5.10. The third-order valence-corrected chi connectivity index (χ3v) is 3.90. The summed E-state index contributed by atoms with van der Waals surface area (Å²) >= 11 is 0. The molecule has 19 heavy (non-hydrogen) atoms. The van der Waals surface area contributed by atoms with Gasteiger partial charge in [-0.25, -0.2) is 0 Å². The van der Waals surface area contributed by atoms with E-state index in [1.165, 1.54) is 0 Å². The summed E-state index contributed by atoms with van der Waals surface area (Å²) in [5.41, 5.74) is 1.83. The molecule has 1 atom stereocenters. The van der Waals surface area contributed by atoms with Crippen molar-refractivity contribution in [3.8, 4) is 0 Å². The lowest BCUT2D eigenvalue weighted by molar-refractivity contribution is 0.0739. The molecule has 1 aliphatic heterocycles. The predicted molar refractivity (Wildman–Crippen MR) is 76.3 cm³/mol. The normalized spacial score (nSPS) is 19.2. The van der Waals surface area contributed by atoms with E-state index in [4.69, 9.17) is 0 Å². The van der Waals surface area contributed by atoms with Crippen molar-refractivity contribution in [3.63, 3.8) is 0 Å². The highest BCUT2D eigenvalue weighted by Gasteiger charge is 2.29. The molecular weight excluding hydrogens is 238 g/mol. The summed E-state index contributed by atoms with van der Waals surface area (Å²) < 4.78 is 0. The fourth-order valence-electron chi connectivity index (χ4n) is 2.98. The molecule has 0 aliphatic carbocycles. The van der Waals surface area contributed by atoms with Crippen molar-refractivity contribution in [1.82, 2.24) is 15.2 Å². The Morgan fingerprint density at radius 3 is 3.21 bits per heavy atom. The molecule has 0 saturated carbocycles. The predicted octanol–water partition coefficient (Wildman–Crippen LogP) is 1.99. The highest BCUT2D eigenvalue weighted by atomic mass is 16.2. The van der Waals surface area contributed by atoms with Crippen LogP contribution in [-0.4, -0.2) is 42.0 Å². The second-order valence-corrected chi connectivity index (χ2v) is 5.10. The Morgan fingerprint density at radius 2 is 2.37 bits per heavy atom. The maximum atomic E-state index is 12.7. The molecule has 3 rings (SSSR count). The van der Waals surface area contributed by atoms with Crippen molar-refractivity contribution in [3.05, 3.63) is 36.0 Å². The van der Waals surface area contributed by atoms with Crippen LogP contribution < -0.4 is 5.32 Å². The van der Waals surface area contributed by atoms with Gasteiger partial charge in [-0.1, -0.05) is 6.07 Å². The SMILES string of the molecule is CNCC1CCCN1C(=O)c1cccc2[nH]ccc12. The number of nitrogens with one attached hydrogen (secondary N) is 2. The van der Waals surface area contributed by atoms with Gasteiger partial charge in [0.1, 0.15) is 0 Å². The number of H-pyrrole nitrogens is 1. The first-order chi connectivity index (χ1) is 9.31. The van der Waals surface area contributed by atoms with Crippen molar-refractivity contribution in [1.29, 1.82) is 0 Å². The van der Waals surface area contributed by atoms with Crippen LogP contribution in [0.1, 0.15) is 23.2 Å². The lowest BCUT2D eigenvalue weighted by Crippen LogP contribution is -2.40. The van der Waals surface area contributed by atoms with Gasteiger partial charge in [0.2, 0.25) is 0 Å². The minimum atomic E-state index is 0.156. The van der Waals surface area contributed by atoms with Gasteiger partial charge in [-0.3, -0.25) is 4.79 Å². The minimum absolute atomic E-state index is 0.156. The first-order valence-corrected chi connectivity index (χ1v) is 6.83. The van der Waals surface area contributed by atoms with Crippen LogP contribution in [0.4, 0.5) is 0 Å². The number of amides is 1. The average molecular weight is 257 g/mol. The van der Waals surface area contributed by atoms with Gasteiger partial charge in [-0.15, -0.1) is 0 Å². The highest BCUT2D eigenvalue weighted by Crippen LogP contribution is 2.24. The first-order valence-electron chi connectivity index (χ1n) is 6.83. The Balaban J connectivity index is 1.93. The Hall–Kier alpha value is -1.81. The highest BCUT2D eigenvalue weighted by molar-refractivity contribution is 6.06. The standard InChI is InChI=1S/C15H19N3O/c1-16-10-11-4-3-9-18(11)15(19)13-5-2-6-14-12(13)7-8-17-14/h2,5-8,11,16-17H,3-4,9-10H2,1H3. The van der Waals surface area contributed by atoms with Gasteiger partial charge in [0.05, 0.1) is 0 Å². The van der Waals surface area contributed by atoms with Crippen molar-refractivity contribution in [2.75, 3.05) is 20.1 Å². The number of likely N-dealkylation sites (N-methyl/N-ethyl adjacent to an activating group) is 1. The summed E-state index contributed by atoms with van der Waals surface area (Å²) in [6.45, 7) is 1.74. The maximum absolute atomic E-state index is 12.7. The molecule has 1 aromatic carbocycles. The van der Waals surface area contributed by atoms with Gasteiger partial charge in [0.25, 0.3) is 5.91 Å². The van der Waals surface area contributed by atoms with Crippen molar-refractivity contribution in [2.24, 2.45) is 0 Å². The number of carbonyl (C=O) groups is 1. The van der Waals surface area contributed by atoms with Crippen molar-refractivity contribution >= 4 is 16.8 Å². The van der Waals surface area contributed by atoms with Crippen LogP contribution in [0.5, 0.6) is 0 Å². The molecule has 4 nitrogen and oxygen atoms in total. The van der Waals surface area contributed by atoms with Gasteiger partial charge >= 0.3 is 0 Å². The Morgan fingerprint density at radius 1 is 1.47 bits per heavy atom. The monoisotopic (exact) mass is 257 g/mol. The van der Waals surface area contributed by atoms with Crippen LogP contribution in [0.2, 0.25) is 0 Å². The molecule has 1 saturated heterocycles. The maximum Gasteiger partial charge on any atom is 0.254 e. The summed E-state index contributed by atoms with van der Waals surface area (Å²) in [5.74, 6) is 0.156. The van der Waals surface area contributed by atoms with Gasteiger partial charge in [-0.05, 0) is 38.1 Å². The third kappa shape index (κ3) is 2.12. The van der Waals surface area contributed by atoms with E-state index in [-0.39, 0.29) is 5.91 Å². The molecule has 1 unspecified atom stereocenters. The molecule has 1 aromatic heterocycles. The van der Waals surface area contributed by atoms with Gasteiger partial charge < -0.3 is 15.2 Å². The van der Waals surface area contributed by atoms with Crippen LogP contribution >= 0.6 is 0 Å². The number of fused-ring (bicyclic) bond motifs is 1. The molecule has 1 fully saturated rings. The van der Waals surface area contributed by atoms with E-state index in [1.54, 1.807) is 0 Å². The molecule has 2 heterocycles. The molecule has 0 spiro atoms. The van der Waals surface area contributed by atoms with Crippen molar-refractivity contribution in [2.45, 2.75) is 18.9 Å². The smallest absolute Gasteiger partial charge is 0.254 e. The molecule has 2 aromatic rings. The number of hydrogen-bond acceptors (Lipinski definition) is 2. The average Bonchev–Trinajstić information content (AvgIpc) is 3.06. The second kappa shape index (κ2) is 5.05. The number of nitrogens with zero attached hydrogens (tertiary/aromatic N) is 1. The number of carbonyl (C=O) groups excluding carboxylic acids is 1. The van der Waals surface area contributed by atoms with Crippen LogP contribution in [0, 0.1) is 0 Å². The number of likely N-dealkylation sites (tertiary alicyclic amines) is 1. The van der Waals surface area contributed by atoms with Crippen LogP contribution in [-0.2, 0) is 0 Å². The molecule has 100 valence electrons. The van der Waals surface area contributed by atoms with E-state index < -0.39 is 0 Å². The van der Waals surface area contributed by atoms with Crippen LogP contribution in [0.25, 0.3) is 10.9 Å². The fraction of sp³-hybridized carbons (Fsp3) is 0.400. The largest absolute Gasteiger partial charge is 0.361 e. The third-order valence-electron chi connectivity index (χ3n) is 3.90. The first kappa shape index (κ1) is 12.2. The fourth-order valence-corrected chi connectivity index (χ4v) is 2.98. The number of aromatic nitrogens is 1. The summed E-state index contributed by atoms with van der Waals surface area (Å²) in [6, 6.07) is 8.17. The number of hydrogen-bond donors (Lipinski definition) is 2. The molecule has 1 aliphatic rings. The van der Waals surface area contributed by atoms with Crippen LogP contribution in [0.15, 0.2) is 30.5 Å². The minimum Gasteiger partial charge on any atom is -0.361 e. The quantitative estimate of drug-likeness (QED) is 0.883. The van der Waals surface area contributed by atoms with E-state index in [2.05, 4.69) is 10.3 Å². The van der Waals surface area contributed by atoms with E-state index in [0.717, 1.165) is 42.4 Å². The Labute approximate surface area is 112 Å². The Bertz CT molecular complexity index is 590. The zero-order chi connectivity index (χ0) is 13.2. The van der Waals surface area contributed by atoms with E-state index >= 15 is 0 Å². The summed E-state index contributed by atoms with van der Waals surface area (Å²) in [6.07, 6.45) is 4.08. The van der Waals surface area contributed by atoms with Crippen LogP contribution in [0.3, 0.4) is 0 Å². The van der Waals surface area contributed by atoms with Gasteiger partial charge in [0, 0.05) is 41.8 Å².